The molecule has 0 atom stereocenters. The highest BCUT2D eigenvalue weighted by molar-refractivity contribution is 5.64. The third-order valence-electron chi connectivity index (χ3n) is 3.92. The van der Waals surface area contributed by atoms with Gasteiger partial charge in [-0.25, -0.2) is 10.5 Å². The first kappa shape index (κ1) is 21.2. The number of hydrogen-bond acceptors (Lipinski definition) is 5. The number of rotatable bonds is 4. The highest BCUT2D eigenvalue weighted by atomic mass is 19.4. The molecular formula is C18H14F6N6. The van der Waals surface area contributed by atoms with Gasteiger partial charge < -0.3 is 5.73 Å². The number of pyridine rings is 1. The Morgan fingerprint density at radius 1 is 0.967 bits per heavy atom. The topological polar surface area (TPSA) is 86.0 Å². The summed E-state index contributed by atoms with van der Waals surface area (Å²) in [4.78, 5) is 4.05. The second kappa shape index (κ2) is 7.71. The maximum atomic E-state index is 13.2. The van der Waals surface area contributed by atoms with Crippen LogP contribution in [0.1, 0.15) is 17.1 Å². The molecule has 12 heteroatoms. The van der Waals surface area contributed by atoms with E-state index in [0.717, 1.165) is 17.1 Å². The molecule has 0 aliphatic rings. The molecule has 4 N–H and O–H groups in total. The van der Waals surface area contributed by atoms with E-state index in [0.29, 0.717) is 11.4 Å². The Labute approximate surface area is 166 Å². The van der Waals surface area contributed by atoms with E-state index in [1.54, 1.807) is 18.2 Å². The van der Waals surface area contributed by atoms with E-state index in [4.69, 9.17) is 11.6 Å². The van der Waals surface area contributed by atoms with Crippen molar-refractivity contribution in [2.75, 3.05) is 5.01 Å². The number of aromatic nitrogens is 3. The number of hydrazine groups is 1. The maximum absolute atomic E-state index is 13.2. The predicted molar refractivity (Wildman–Crippen MR) is 96.6 cm³/mol. The Hall–Kier alpha value is -3.54. The summed E-state index contributed by atoms with van der Waals surface area (Å²) in [6, 6.07) is 9.96. The average molecular weight is 428 g/mol. The Morgan fingerprint density at radius 2 is 1.63 bits per heavy atom. The van der Waals surface area contributed by atoms with Crippen LogP contribution in [0.4, 0.5) is 32.0 Å². The molecule has 30 heavy (non-hydrogen) atoms. The molecular weight excluding hydrogens is 414 g/mol. The molecule has 2 aromatic heterocycles. The summed E-state index contributed by atoms with van der Waals surface area (Å²) >= 11 is 0. The number of halogens is 6. The van der Waals surface area contributed by atoms with Gasteiger partial charge in [-0.05, 0) is 36.4 Å². The third kappa shape index (κ3) is 4.54. The zero-order valence-corrected chi connectivity index (χ0v) is 15.0. The van der Waals surface area contributed by atoms with Crippen molar-refractivity contribution in [1.29, 1.82) is 0 Å². The molecule has 0 saturated heterocycles. The number of anilines is 1. The summed E-state index contributed by atoms with van der Waals surface area (Å²) in [6.45, 7) is 0. The second-order valence-corrected chi connectivity index (χ2v) is 6.05. The van der Waals surface area contributed by atoms with E-state index in [1.165, 1.54) is 24.5 Å². The van der Waals surface area contributed by atoms with E-state index in [1.807, 2.05) is 0 Å². The van der Waals surface area contributed by atoms with Gasteiger partial charge in [-0.1, -0.05) is 6.07 Å². The minimum absolute atomic E-state index is 0.0422. The first-order valence-electron chi connectivity index (χ1n) is 8.24. The number of nitrogens with zero attached hydrogens (tertiary/aromatic N) is 4. The number of hydrogen-bond donors (Lipinski definition) is 2. The molecule has 0 amide bonds. The standard InChI is InChI=1S/C18H14F6N6/c19-17(20,21)15-9-16(18(22,23)24)30(28-15)12-6-4-11(5-7-12)29(26)10-13(25)14-3-1-2-8-27-14/h1-10H,25-26H2/b13-10-. The normalized spacial score (nSPS) is 12.8. The second-order valence-electron chi connectivity index (χ2n) is 6.05. The van der Waals surface area contributed by atoms with Crippen molar-refractivity contribution >= 4 is 11.4 Å². The molecule has 0 fully saturated rings. The van der Waals surface area contributed by atoms with Crippen LogP contribution in [0.25, 0.3) is 11.4 Å². The van der Waals surface area contributed by atoms with Crippen molar-refractivity contribution in [3.63, 3.8) is 0 Å². The maximum Gasteiger partial charge on any atom is 0.435 e. The van der Waals surface area contributed by atoms with Gasteiger partial charge in [-0.15, -0.1) is 0 Å². The van der Waals surface area contributed by atoms with Gasteiger partial charge in [-0.3, -0.25) is 9.99 Å². The fourth-order valence-corrected chi connectivity index (χ4v) is 2.51. The highest BCUT2D eigenvalue weighted by Crippen LogP contribution is 2.36. The van der Waals surface area contributed by atoms with Crippen LogP contribution in [0, 0.1) is 0 Å². The molecule has 0 aliphatic heterocycles. The van der Waals surface area contributed by atoms with E-state index >= 15 is 0 Å². The molecule has 2 heterocycles. The summed E-state index contributed by atoms with van der Waals surface area (Å²) in [7, 11) is 0. The minimum Gasteiger partial charge on any atom is -0.396 e. The molecule has 0 spiro atoms. The van der Waals surface area contributed by atoms with E-state index < -0.39 is 23.7 Å². The van der Waals surface area contributed by atoms with Crippen LogP contribution in [0.3, 0.4) is 0 Å². The lowest BCUT2D eigenvalue weighted by molar-refractivity contribution is -0.143. The number of alkyl halides is 6. The molecule has 0 aliphatic carbocycles. The Bertz CT molecular complexity index is 1040. The zero-order chi connectivity index (χ0) is 22.1. The van der Waals surface area contributed by atoms with E-state index in [-0.39, 0.29) is 22.1 Å². The smallest absolute Gasteiger partial charge is 0.396 e. The first-order valence-corrected chi connectivity index (χ1v) is 8.24. The van der Waals surface area contributed by atoms with Crippen LogP contribution in [-0.2, 0) is 12.4 Å². The summed E-state index contributed by atoms with van der Waals surface area (Å²) in [5.41, 5.74) is 3.47. The van der Waals surface area contributed by atoms with Crippen molar-refractivity contribution in [2.45, 2.75) is 12.4 Å². The molecule has 158 valence electrons. The van der Waals surface area contributed by atoms with Gasteiger partial charge in [0.05, 0.1) is 22.8 Å². The molecule has 3 rings (SSSR count). The van der Waals surface area contributed by atoms with Gasteiger partial charge in [0.2, 0.25) is 0 Å². The molecule has 0 radical (unpaired) electrons. The van der Waals surface area contributed by atoms with Gasteiger partial charge in [0.1, 0.15) is 5.69 Å². The lowest BCUT2D eigenvalue weighted by Crippen LogP contribution is -2.25. The fourth-order valence-electron chi connectivity index (χ4n) is 2.51. The quantitative estimate of drug-likeness (QED) is 0.374. The van der Waals surface area contributed by atoms with E-state index in [9.17, 15) is 26.3 Å². The largest absolute Gasteiger partial charge is 0.435 e. The minimum atomic E-state index is -5.03. The molecule has 3 aromatic rings. The van der Waals surface area contributed by atoms with Gasteiger partial charge in [0, 0.05) is 18.5 Å². The molecule has 0 unspecified atom stereocenters. The lowest BCUT2D eigenvalue weighted by Gasteiger charge is -2.16. The van der Waals surface area contributed by atoms with Crippen molar-refractivity contribution in [3.05, 3.63) is 78.0 Å². The summed E-state index contributed by atoms with van der Waals surface area (Å²) in [6.07, 6.45) is -7.18. The SMILES string of the molecule is N/C(=C\N(N)c1ccc(-n2nc(C(F)(F)F)cc2C(F)(F)F)cc1)c1ccccn1. The van der Waals surface area contributed by atoms with Crippen LogP contribution >= 0.6 is 0 Å². The first-order chi connectivity index (χ1) is 14.0. The van der Waals surface area contributed by atoms with Crippen molar-refractivity contribution in [1.82, 2.24) is 14.8 Å². The number of benzene rings is 1. The summed E-state index contributed by atoms with van der Waals surface area (Å²) < 4.78 is 78.2. The van der Waals surface area contributed by atoms with Crippen molar-refractivity contribution in [2.24, 2.45) is 11.6 Å². The lowest BCUT2D eigenvalue weighted by atomic mass is 10.2. The zero-order valence-electron chi connectivity index (χ0n) is 15.0. The van der Waals surface area contributed by atoms with Crippen LogP contribution in [0.15, 0.2) is 60.9 Å². The molecule has 0 saturated carbocycles. The molecule has 6 nitrogen and oxygen atoms in total. The fraction of sp³-hybridized carbons (Fsp3) is 0.111. The van der Waals surface area contributed by atoms with Crippen LogP contribution in [0.2, 0.25) is 0 Å². The van der Waals surface area contributed by atoms with Crippen LogP contribution in [0.5, 0.6) is 0 Å². The average Bonchev–Trinajstić information content (AvgIpc) is 3.15. The monoisotopic (exact) mass is 428 g/mol. The van der Waals surface area contributed by atoms with Gasteiger partial charge in [0.25, 0.3) is 0 Å². The van der Waals surface area contributed by atoms with Crippen LogP contribution in [-0.4, -0.2) is 14.8 Å². The summed E-state index contributed by atoms with van der Waals surface area (Å²) in [5.74, 6) is 5.88. The Morgan fingerprint density at radius 3 is 2.17 bits per heavy atom. The summed E-state index contributed by atoms with van der Waals surface area (Å²) in [5, 5.41) is 4.17. The Balaban J connectivity index is 1.92. The van der Waals surface area contributed by atoms with Crippen molar-refractivity contribution in [3.8, 4) is 5.69 Å². The van der Waals surface area contributed by atoms with E-state index in [2.05, 4.69) is 10.1 Å². The van der Waals surface area contributed by atoms with Gasteiger partial charge in [0.15, 0.2) is 5.69 Å². The molecule has 1 aromatic carbocycles. The van der Waals surface area contributed by atoms with Crippen molar-refractivity contribution < 1.29 is 26.3 Å². The number of nitrogens with two attached hydrogens (primary N) is 2. The highest BCUT2D eigenvalue weighted by Gasteiger charge is 2.42. The molecule has 0 bridgehead atoms. The Kier molecular flexibility index (Phi) is 5.44. The predicted octanol–water partition coefficient (Wildman–Crippen LogP) is 3.94. The van der Waals surface area contributed by atoms with Gasteiger partial charge >= 0.3 is 12.4 Å². The van der Waals surface area contributed by atoms with Gasteiger partial charge in [-0.2, -0.15) is 31.4 Å². The van der Waals surface area contributed by atoms with Crippen LogP contribution < -0.4 is 16.6 Å². The third-order valence-corrected chi connectivity index (χ3v) is 3.92.